The highest BCUT2D eigenvalue weighted by molar-refractivity contribution is 5.88. The summed E-state index contributed by atoms with van der Waals surface area (Å²) in [6.07, 6.45) is 3.12. The SMILES string of the molecule is CN1C(=O)C[C@H](C(=O)O)C12CCN(Cc1ccc(CCC(C)(C)O)cc1)CC2. The second-order valence-electron chi connectivity index (χ2n) is 9.06. The Balaban J connectivity index is 1.57. The van der Waals surface area contributed by atoms with E-state index in [-0.39, 0.29) is 12.3 Å². The molecule has 2 aliphatic rings. The summed E-state index contributed by atoms with van der Waals surface area (Å²) < 4.78 is 0. The summed E-state index contributed by atoms with van der Waals surface area (Å²) in [6.45, 7) is 6.07. The number of aryl methyl sites for hydroxylation is 1. The van der Waals surface area contributed by atoms with Gasteiger partial charge in [0.05, 0.1) is 17.1 Å². The molecule has 0 radical (unpaired) electrons. The maximum Gasteiger partial charge on any atom is 0.309 e. The third-order valence-corrected chi connectivity index (χ3v) is 6.54. The van der Waals surface area contributed by atoms with Crippen molar-refractivity contribution in [3.63, 3.8) is 0 Å². The number of carbonyl (C=O) groups is 2. The number of piperidine rings is 1. The number of aliphatic carboxylic acids is 1. The number of hydrogen-bond donors (Lipinski definition) is 2. The number of carboxylic acid groups (broad SMARTS) is 1. The van der Waals surface area contributed by atoms with E-state index >= 15 is 0 Å². The van der Waals surface area contributed by atoms with Gasteiger partial charge in [0.2, 0.25) is 5.91 Å². The minimum absolute atomic E-state index is 0.0532. The molecule has 0 aromatic heterocycles. The number of rotatable bonds is 6. The van der Waals surface area contributed by atoms with Crippen molar-refractivity contribution >= 4 is 11.9 Å². The molecule has 0 unspecified atom stereocenters. The first-order valence-electron chi connectivity index (χ1n) is 10.1. The molecule has 1 aromatic rings. The quantitative estimate of drug-likeness (QED) is 0.781. The monoisotopic (exact) mass is 388 g/mol. The molecule has 2 aliphatic heterocycles. The lowest BCUT2D eigenvalue weighted by molar-refractivity contribution is -0.146. The van der Waals surface area contributed by atoms with Crippen molar-refractivity contribution in [2.24, 2.45) is 5.92 Å². The molecule has 2 N–H and O–H groups in total. The Kier molecular flexibility index (Phi) is 5.82. The summed E-state index contributed by atoms with van der Waals surface area (Å²) in [7, 11) is 1.76. The summed E-state index contributed by atoms with van der Waals surface area (Å²) in [4.78, 5) is 27.8. The highest BCUT2D eigenvalue weighted by Crippen LogP contribution is 2.43. The average Bonchev–Trinajstić information content (AvgIpc) is 2.88. The van der Waals surface area contributed by atoms with E-state index in [0.717, 1.165) is 32.5 Å². The maximum atomic E-state index is 12.1. The van der Waals surface area contributed by atoms with Gasteiger partial charge in [0.15, 0.2) is 0 Å². The Morgan fingerprint density at radius 1 is 1.18 bits per heavy atom. The largest absolute Gasteiger partial charge is 0.481 e. The lowest BCUT2D eigenvalue weighted by Gasteiger charge is -2.45. The first-order valence-corrected chi connectivity index (χ1v) is 10.1. The van der Waals surface area contributed by atoms with Crippen molar-refractivity contribution in [3.05, 3.63) is 35.4 Å². The number of amides is 1. The zero-order valence-electron chi connectivity index (χ0n) is 17.1. The summed E-state index contributed by atoms with van der Waals surface area (Å²) in [5.41, 5.74) is 1.28. The number of benzene rings is 1. The molecule has 2 heterocycles. The average molecular weight is 389 g/mol. The molecule has 0 bridgehead atoms. The van der Waals surface area contributed by atoms with Gasteiger partial charge in [0.25, 0.3) is 0 Å². The smallest absolute Gasteiger partial charge is 0.309 e. The summed E-state index contributed by atoms with van der Waals surface area (Å²) in [5, 5.41) is 19.4. The van der Waals surface area contributed by atoms with E-state index in [1.807, 2.05) is 13.8 Å². The molecule has 3 rings (SSSR count). The number of aliphatic hydroxyl groups is 1. The molecule has 6 nitrogen and oxygen atoms in total. The zero-order valence-corrected chi connectivity index (χ0v) is 17.1. The van der Waals surface area contributed by atoms with Crippen molar-refractivity contribution in [1.29, 1.82) is 0 Å². The molecule has 1 amide bonds. The minimum Gasteiger partial charge on any atom is -0.481 e. The third kappa shape index (κ3) is 4.39. The third-order valence-electron chi connectivity index (χ3n) is 6.54. The summed E-state index contributed by atoms with van der Waals surface area (Å²) >= 11 is 0. The number of likely N-dealkylation sites (tertiary alicyclic amines) is 2. The van der Waals surface area contributed by atoms with Crippen LogP contribution in [0.4, 0.5) is 0 Å². The van der Waals surface area contributed by atoms with E-state index in [9.17, 15) is 19.8 Å². The van der Waals surface area contributed by atoms with Gasteiger partial charge in [-0.05, 0) is 50.7 Å². The van der Waals surface area contributed by atoms with Gasteiger partial charge in [-0.2, -0.15) is 0 Å². The predicted octanol–water partition coefficient (Wildman–Crippen LogP) is 2.29. The molecule has 2 fully saturated rings. The van der Waals surface area contributed by atoms with Crippen LogP contribution < -0.4 is 0 Å². The number of hydrogen-bond acceptors (Lipinski definition) is 4. The molecule has 1 atom stereocenters. The summed E-state index contributed by atoms with van der Waals surface area (Å²) in [5.74, 6) is -1.50. The maximum absolute atomic E-state index is 12.1. The Labute approximate surface area is 167 Å². The molecule has 0 aliphatic carbocycles. The highest BCUT2D eigenvalue weighted by Gasteiger charge is 2.55. The molecular weight excluding hydrogens is 356 g/mol. The molecule has 2 saturated heterocycles. The van der Waals surface area contributed by atoms with Crippen molar-refractivity contribution in [2.75, 3.05) is 20.1 Å². The van der Waals surface area contributed by atoms with E-state index in [1.165, 1.54) is 11.1 Å². The van der Waals surface area contributed by atoms with Crippen molar-refractivity contribution in [1.82, 2.24) is 9.80 Å². The topological polar surface area (TPSA) is 81.1 Å². The van der Waals surface area contributed by atoms with Crippen LogP contribution in [0.2, 0.25) is 0 Å². The molecule has 154 valence electrons. The highest BCUT2D eigenvalue weighted by atomic mass is 16.4. The number of carbonyl (C=O) groups excluding carboxylic acids is 1. The fraction of sp³-hybridized carbons (Fsp3) is 0.636. The summed E-state index contributed by atoms with van der Waals surface area (Å²) in [6, 6.07) is 8.51. The lowest BCUT2D eigenvalue weighted by atomic mass is 9.77. The van der Waals surface area contributed by atoms with Crippen LogP contribution >= 0.6 is 0 Å². The van der Waals surface area contributed by atoms with E-state index < -0.39 is 23.0 Å². The second kappa shape index (κ2) is 7.84. The Morgan fingerprint density at radius 3 is 2.29 bits per heavy atom. The minimum atomic E-state index is -0.854. The van der Waals surface area contributed by atoms with Gasteiger partial charge in [-0.15, -0.1) is 0 Å². The fourth-order valence-corrected chi connectivity index (χ4v) is 4.60. The van der Waals surface area contributed by atoms with Gasteiger partial charge >= 0.3 is 5.97 Å². The Bertz CT molecular complexity index is 715. The molecule has 0 saturated carbocycles. The molecule has 6 heteroatoms. The van der Waals surface area contributed by atoms with Gasteiger partial charge in [-0.1, -0.05) is 24.3 Å². The van der Waals surface area contributed by atoms with Crippen LogP contribution in [-0.4, -0.2) is 63.2 Å². The Morgan fingerprint density at radius 2 is 1.75 bits per heavy atom. The van der Waals surface area contributed by atoms with Gasteiger partial charge < -0.3 is 15.1 Å². The van der Waals surface area contributed by atoms with Crippen LogP contribution in [0.5, 0.6) is 0 Å². The van der Waals surface area contributed by atoms with Crippen LogP contribution in [0, 0.1) is 5.92 Å². The van der Waals surface area contributed by atoms with Crippen LogP contribution in [0.25, 0.3) is 0 Å². The first-order chi connectivity index (χ1) is 13.1. The van der Waals surface area contributed by atoms with Gasteiger partial charge in [-0.3, -0.25) is 14.5 Å². The number of nitrogens with zero attached hydrogens (tertiary/aromatic N) is 2. The standard InChI is InChI=1S/C22H32N2O4/c1-21(2,28)9-8-16-4-6-17(7-5-16)15-24-12-10-22(11-13-24)18(20(26)27)14-19(25)23(22)3/h4-7,18,28H,8-15H2,1-3H3,(H,26,27)/t18-/m1/s1. The second-order valence-corrected chi connectivity index (χ2v) is 9.06. The van der Waals surface area contributed by atoms with Gasteiger partial charge in [0, 0.05) is 33.1 Å². The number of carboxylic acids is 1. The van der Waals surface area contributed by atoms with Crippen LogP contribution in [0.1, 0.15) is 50.7 Å². The molecule has 1 aromatic carbocycles. The van der Waals surface area contributed by atoms with Crippen molar-refractivity contribution in [3.8, 4) is 0 Å². The van der Waals surface area contributed by atoms with Crippen molar-refractivity contribution in [2.45, 2.75) is 63.6 Å². The van der Waals surface area contributed by atoms with E-state index in [0.29, 0.717) is 12.8 Å². The van der Waals surface area contributed by atoms with Crippen LogP contribution in [0.15, 0.2) is 24.3 Å². The predicted molar refractivity (Wildman–Crippen MR) is 107 cm³/mol. The van der Waals surface area contributed by atoms with Crippen molar-refractivity contribution < 1.29 is 19.8 Å². The van der Waals surface area contributed by atoms with Gasteiger partial charge in [0.1, 0.15) is 0 Å². The first kappa shape index (κ1) is 20.8. The lowest BCUT2D eigenvalue weighted by Crippen LogP contribution is -2.55. The van der Waals surface area contributed by atoms with E-state index in [4.69, 9.17) is 0 Å². The Hall–Kier alpha value is -1.92. The van der Waals surface area contributed by atoms with Crippen LogP contribution in [0.3, 0.4) is 0 Å². The normalized spacial score (nSPS) is 22.8. The van der Waals surface area contributed by atoms with E-state index in [1.54, 1.807) is 11.9 Å². The molecule has 28 heavy (non-hydrogen) atoms. The van der Waals surface area contributed by atoms with E-state index in [2.05, 4.69) is 29.2 Å². The zero-order chi connectivity index (χ0) is 20.5. The molecule has 1 spiro atoms. The molecular formula is C22H32N2O4. The van der Waals surface area contributed by atoms with Crippen LogP contribution in [-0.2, 0) is 22.6 Å². The van der Waals surface area contributed by atoms with Gasteiger partial charge in [-0.25, -0.2) is 0 Å². The fourth-order valence-electron chi connectivity index (χ4n) is 4.60.